The second-order valence-corrected chi connectivity index (χ2v) is 7.71. The lowest BCUT2D eigenvalue weighted by Crippen LogP contribution is -2.27. The highest BCUT2D eigenvalue weighted by Crippen LogP contribution is 2.34. The van der Waals surface area contributed by atoms with Crippen molar-refractivity contribution in [1.82, 2.24) is 4.90 Å². The minimum atomic E-state index is -0.296. The van der Waals surface area contributed by atoms with E-state index in [9.17, 15) is 9.59 Å². The molecule has 0 aliphatic heterocycles. The summed E-state index contributed by atoms with van der Waals surface area (Å²) in [7, 11) is 6.32. The maximum absolute atomic E-state index is 12.7. The predicted octanol–water partition coefficient (Wildman–Crippen LogP) is 3.67. The molecule has 28 heavy (non-hydrogen) atoms. The third kappa shape index (κ3) is 5.42. The highest BCUT2D eigenvalue weighted by Gasteiger charge is 2.22. The van der Waals surface area contributed by atoms with Crippen LogP contribution >= 0.6 is 11.8 Å². The summed E-state index contributed by atoms with van der Waals surface area (Å²) < 4.78 is 10.6. The lowest BCUT2D eigenvalue weighted by molar-refractivity contribution is -0.115. The Kier molecular flexibility index (Phi) is 7.75. The molecule has 0 fully saturated rings. The van der Waals surface area contributed by atoms with Crippen LogP contribution in [0.15, 0.2) is 42.5 Å². The maximum Gasteiger partial charge on any atom is 0.255 e. The molecule has 2 rings (SSSR count). The zero-order chi connectivity index (χ0) is 20.7. The number of benzene rings is 2. The van der Waals surface area contributed by atoms with Crippen molar-refractivity contribution in [2.24, 2.45) is 0 Å². The second-order valence-electron chi connectivity index (χ2n) is 6.38. The number of hydrogen-bond donors (Lipinski definition) is 1. The summed E-state index contributed by atoms with van der Waals surface area (Å²) >= 11 is 1.53. The normalized spacial score (nSPS) is 11.5. The molecule has 0 bridgehead atoms. The van der Waals surface area contributed by atoms with Crippen LogP contribution in [0.5, 0.6) is 11.5 Å². The highest BCUT2D eigenvalue weighted by atomic mass is 32.2. The van der Waals surface area contributed by atoms with E-state index in [2.05, 4.69) is 5.32 Å². The van der Waals surface area contributed by atoms with Crippen molar-refractivity contribution >= 4 is 29.3 Å². The number of amides is 2. The van der Waals surface area contributed by atoms with Gasteiger partial charge in [0.05, 0.1) is 30.7 Å². The van der Waals surface area contributed by atoms with Crippen LogP contribution in [0.3, 0.4) is 0 Å². The molecule has 0 spiro atoms. The van der Waals surface area contributed by atoms with E-state index >= 15 is 0 Å². The SMILES string of the molecule is COc1cc(NC(=O)C(C)SCc2ccccc2)c(C(=O)N(C)C)cc1OC. The Labute approximate surface area is 170 Å². The summed E-state index contributed by atoms with van der Waals surface area (Å²) in [6, 6.07) is 13.2. The number of methoxy groups -OCH3 is 2. The Morgan fingerprint density at radius 2 is 1.68 bits per heavy atom. The first kappa shape index (κ1) is 21.6. The molecule has 0 aromatic heterocycles. The maximum atomic E-state index is 12.7. The summed E-state index contributed by atoms with van der Waals surface area (Å²) in [6.07, 6.45) is 0. The molecule has 150 valence electrons. The lowest BCUT2D eigenvalue weighted by Gasteiger charge is -2.19. The molecular weight excluding hydrogens is 376 g/mol. The van der Waals surface area contributed by atoms with Crippen LogP contribution in [0, 0.1) is 0 Å². The number of carbonyl (C=O) groups is 2. The molecule has 0 radical (unpaired) electrons. The Morgan fingerprint density at radius 1 is 1.07 bits per heavy atom. The van der Waals surface area contributed by atoms with E-state index < -0.39 is 0 Å². The lowest BCUT2D eigenvalue weighted by atomic mass is 10.1. The van der Waals surface area contributed by atoms with Crippen molar-refractivity contribution in [3.05, 3.63) is 53.6 Å². The smallest absolute Gasteiger partial charge is 0.255 e. The first-order valence-electron chi connectivity index (χ1n) is 8.81. The van der Waals surface area contributed by atoms with Crippen LogP contribution in [-0.2, 0) is 10.5 Å². The summed E-state index contributed by atoms with van der Waals surface area (Å²) in [6.45, 7) is 1.84. The van der Waals surface area contributed by atoms with Crippen molar-refractivity contribution in [3.63, 3.8) is 0 Å². The number of carbonyl (C=O) groups excluding carboxylic acids is 2. The van der Waals surface area contributed by atoms with E-state index in [0.717, 1.165) is 11.3 Å². The van der Waals surface area contributed by atoms with E-state index in [1.54, 1.807) is 26.2 Å². The van der Waals surface area contributed by atoms with Gasteiger partial charge in [0.2, 0.25) is 5.91 Å². The van der Waals surface area contributed by atoms with Crippen molar-refractivity contribution in [1.29, 1.82) is 0 Å². The first-order chi connectivity index (χ1) is 13.4. The number of thioether (sulfide) groups is 1. The van der Waals surface area contributed by atoms with Gasteiger partial charge in [0, 0.05) is 25.9 Å². The summed E-state index contributed by atoms with van der Waals surface area (Å²) in [5.74, 6) is 1.18. The third-order valence-corrected chi connectivity index (χ3v) is 5.34. The van der Waals surface area contributed by atoms with Crippen LogP contribution in [0.1, 0.15) is 22.8 Å². The number of nitrogens with zero attached hydrogens (tertiary/aromatic N) is 1. The van der Waals surface area contributed by atoms with Gasteiger partial charge in [-0.1, -0.05) is 30.3 Å². The number of nitrogens with one attached hydrogen (secondary N) is 1. The van der Waals surface area contributed by atoms with Gasteiger partial charge in [-0.25, -0.2) is 0 Å². The fourth-order valence-corrected chi connectivity index (χ4v) is 3.35. The van der Waals surface area contributed by atoms with Crippen LogP contribution in [-0.4, -0.2) is 50.3 Å². The number of ether oxygens (including phenoxy) is 2. The fourth-order valence-electron chi connectivity index (χ4n) is 2.51. The van der Waals surface area contributed by atoms with Gasteiger partial charge in [-0.3, -0.25) is 9.59 Å². The van der Waals surface area contributed by atoms with Crippen molar-refractivity contribution in [2.45, 2.75) is 17.9 Å². The zero-order valence-corrected chi connectivity index (χ0v) is 17.6. The summed E-state index contributed by atoms with van der Waals surface area (Å²) in [5, 5.41) is 2.57. The average molecular weight is 403 g/mol. The van der Waals surface area contributed by atoms with Crippen molar-refractivity contribution < 1.29 is 19.1 Å². The predicted molar refractivity (Wildman–Crippen MR) is 113 cm³/mol. The van der Waals surface area contributed by atoms with Gasteiger partial charge in [0.15, 0.2) is 11.5 Å². The quantitative estimate of drug-likeness (QED) is 0.730. The van der Waals surface area contributed by atoms with Gasteiger partial charge in [-0.15, -0.1) is 11.8 Å². The second kappa shape index (κ2) is 10.0. The molecule has 2 aromatic carbocycles. The summed E-state index contributed by atoms with van der Waals surface area (Å²) in [4.78, 5) is 26.7. The van der Waals surface area contributed by atoms with Gasteiger partial charge in [-0.05, 0) is 18.6 Å². The first-order valence-corrected chi connectivity index (χ1v) is 9.86. The average Bonchev–Trinajstić information content (AvgIpc) is 2.71. The minimum Gasteiger partial charge on any atom is -0.493 e. The van der Waals surface area contributed by atoms with Crippen molar-refractivity contribution in [3.8, 4) is 11.5 Å². The van der Waals surface area contributed by atoms with E-state index in [-0.39, 0.29) is 17.1 Å². The van der Waals surface area contributed by atoms with Gasteiger partial charge in [0.1, 0.15) is 0 Å². The molecule has 0 saturated carbocycles. The van der Waals surface area contributed by atoms with Gasteiger partial charge < -0.3 is 19.7 Å². The minimum absolute atomic E-state index is 0.180. The van der Waals surface area contributed by atoms with Gasteiger partial charge in [-0.2, -0.15) is 0 Å². The molecule has 2 aromatic rings. The molecule has 1 atom stereocenters. The largest absolute Gasteiger partial charge is 0.493 e. The molecule has 1 N–H and O–H groups in total. The van der Waals surface area contributed by atoms with Crippen LogP contribution < -0.4 is 14.8 Å². The number of hydrogen-bond acceptors (Lipinski definition) is 5. The topological polar surface area (TPSA) is 67.9 Å². The Morgan fingerprint density at radius 3 is 2.25 bits per heavy atom. The van der Waals surface area contributed by atoms with Crippen LogP contribution in [0.4, 0.5) is 5.69 Å². The standard InChI is InChI=1S/C21H26N2O4S/c1-14(28-13-15-9-7-6-8-10-15)20(24)22-17-12-19(27-5)18(26-4)11-16(17)21(25)23(2)3/h6-12,14H,13H2,1-5H3,(H,22,24). The van der Waals surface area contributed by atoms with Crippen molar-refractivity contribution in [2.75, 3.05) is 33.6 Å². The Bertz CT molecular complexity index is 825. The van der Waals surface area contributed by atoms with Crippen LogP contribution in [0.2, 0.25) is 0 Å². The van der Waals surface area contributed by atoms with E-state index in [1.165, 1.54) is 30.9 Å². The van der Waals surface area contributed by atoms with Gasteiger partial charge in [0.25, 0.3) is 5.91 Å². The van der Waals surface area contributed by atoms with Gasteiger partial charge >= 0.3 is 0 Å². The van der Waals surface area contributed by atoms with Crippen LogP contribution in [0.25, 0.3) is 0 Å². The molecule has 1 unspecified atom stereocenters. The molecule has 0 saturated heterocycles. The monoisotopic (exact) mass is 402 g/mol. The molecule has 0 aliphatic carbocycles. The highest BCUT2D eigenvalue weighted by molar-refractivity contribution is 7.99. The van der Waals surface area contributed by atoms with E-state index in [0.29, 0.717) is 22.7 Å². The molecule has 2 amide bonds. The molecule has 0 aliphatic rings. The molecule has 0 heterocycles. The number of anilines is 1. The third-order valence-electron chi connectivity index (χ3n) is 4.13. The Hall–Kier alpha value is -2.67. The molecule has 6 nitrogen and oxygen atoms in total. The number of rotatable bonds is 8. The Balaban J connectivity index is 2.20. The van der Waals surface area contributed by atoms with E-state index in [1.807, 2.05) is 37.3 Å². The molecule has 7 heteroatoms. The summed E-state index contributed by atoms with van der Waals surface area (Å²) in [5.41, 5.74) is 1.89. The zero-order valence-electron chi connectivity index (χ0n) is 16.8. The fraction of sp³-hybridized carbons (Fsp3) is 0.333. The van der Waals surface area contributed by atoms with E-state index in [4.69, 9.17) is 9.47 Å². The molecular formula is C21H26N2O4S.